The maximum atomic E-state index is 10.8. The Morgan fingerprint density at radius 2 is 1.95 bits per heavy atom. The van der Waals surface area contributed by atoms with Crippen LogP contribution in [0.2, 0.25) is 0 Å². The largest absolute Gasteiger partial charge is 0.476 e. The minimum absolute atomic E-state index is 0.0647. The molecule has 0 aliphatic rings. The summed E-state index contributed by atoms with van der Waals surface area (Å²) in [7, 11) is 0. The second-order valence-corrected chi connectivity index (χ2v) is 4.84. The Morgan fingerprint density at radius 1 is 1.25 bits per heavy atom. The van der Waals surface area contributed by atoms with Crippen molar-refractivity contribution in [3.8, 4) is 0 Å². The van der Waals surface area contributed by atoms with Gasteiger partial charge < -0.3 is 10.4 Å². The highest BCUT2D eigenvalue weighted by atomic mass is 16.4. The number of hydrogen-bond acceptors (Lipinski definition) is 4. The molecular formula is C15H17N3O2. The molecule has 0 fully saturated rings. The van der Waals surface area contributed by atoms with Gasteiger partial charge in [0.1, 0.15) is 5.82 Å². The molecule has 0 atom stereocenters. The zero-order valence-corrected chi connectivity index (χ0v) is 11.5. The summed E-state index contributed by atoms with van der Waals surface area (Å²) in [5, 5.41) is 11.9. The van der Waals surface area contributed by atoms with Crippen molar-refractivity contribution < 1.29 is 9.90 Å². The SMILES string of the molecule is CC(C)c1ccc(CNc2cncc(C(=O)O)n2)cc1. The molecule has 0 spiro atoms. The molecule has 0 saturated heterocycles. The van der Waals surface area contributed by atoms with Gasteiger partial charge in [0.2, 0.25) is 0 Å². The molecule has 2 N–H and O–H groups in total. The second-order valence-electron chi connectivity index (χ2n) is 4.84. The first kappa shape index (κ1) is 14.0. The summed E-state index contributed by atoms with van der Waals surface area (Å²) in [6.07, 6.45) is 2.74. The van der Waals surface area contributed by atoms with Crippen molar-refractivity contribution in [3.05, 3.63) is 53.5 Å². The third kappa shape index (κ3) is 3.54. The minimum atomic E-state index is -1.08. The van der Waals surface area contributed by atoms with Crippen LogP contribution in [0.4, 0.5) is 5.82 Å². The molecule has 1 aromatic heterocycles. The average Bonchev–Trinajstić information content (AvgIpc) is 2.46. The predicted octanol–water partition coefficient (Wildman–Crippen LogP) is 2.91. The van der Waals surface area contributed by atoms with Crippen LogP contribution in [0.5, 0.6) is 0 Å². The van der Waals surface area contributed by atoms with E-state index in [2.05, 4.69) is 53.4 Å². The third-order valence-corrected chi connectivity index (χ3v) is 2.97. The van der Waals surface area contributed by atoms with Crippen LogP contribution in [0.1, 0.15) is 41.4 Å². The van der Waals surface area contributed by atoms with Crippen LogP contribution in [0, 0.1) is 0 Å². The summed E-state index contributed by atoms with van der Waals surface area (Å²) in [5.74, 6) is -0.115. The van der Waals surface area contributed by atoms with E-state index in [1.54, 1.807) is 0 Å². The number of rotatable bonds is 5. The van der Waals surface area contributed by atoms with Gasteiger partial charge in [-0.05, 0) is 17.0 Å². The van der Waals surface area contributed by atoms with Gasteiger partial charge in [-0.15, -0.1) is 0 Å². The monoisotopic (exact) mass is 271 g/mol. The van der Waals surface area contributed by atoms with E-state index in [0.717, 1.165) is 5.56 Å². The third-order valence-electron chi connectivity index (χ3n) is 2.97. The summed E-state index contributed by atoms with van der Waals surface area (Å²) in [6.45, 7) is 4.89. The van der Waals surface area contributed by atoms with Crippen molar-refractivity contribution in [3.63, 3.8) is 0 Å². The van der Waals surface area contributed by atoms with E-state index in [1.807, 2.05) is 0 Å². The lowest BCUT2D eigenvalue weighted by molar-refractivity contribution is 0.0690. The molecule has 0 unspecified atom stereocenters. The van der Waals surface area contributed by atoms with Gasteiger partial charge in [0, 0.05) is 6.54 Å². The maximum absolute atomic E-state index is 10.8. The lowest BCUT2D eigenvalue weighted by Gasteiger charge is -2.08. The van der Waals surface area contributed by atoms with Crippen molar-refractivity contribution in [2.24, 2.45) is 0 Å². The molecule has 20 heavy (non-hydrogen) atoms. The topological polar surface area (TPSA) is 75.1 Å². The number of nitrogens with zero attached hydrogens (tertiary/aromatic N) is 2. The van der Waals surface area contributed by atoms with Crippen molar-refractivity contribution in [1.29, 1.82) is 0 Å². The molecule has 5 nitrogen and oxygen atoms in total. The molecule has 0 aliphatic carbocycles. The summed E-state index contributed by atoms with van der Waals surface area (Å²) in [5.41, 5.74) is 2.34. The second kappa shape index (κ2) is 6.14. The molecule has 2 aromatic rings. The first-order chi connectivity index (χ1) is 9.56. The summed E-state index contributed by atoms with van der Waals surface area (Å²) in [6, 6.07) is 8.30. The zero-order valence-electron chi connectivity index (χ0n) is 11.5. The van der Waals surface area contributed by atoms with Crippen LogP contribution < -0.4 is 5.32 Å². The Hall–Kier alpha value is -2.43. The summed E-state index contributed by atoms with van der Waals surface area (Å²) >= 11 is 0. The standard InChI is InChI=1S/C15H17N3O2/c1-10(2)12-5-3-11(4-6-12)7-17-14-9-16-8-13(18-14)15(19)20/h3-6,8-10H,7H2,1-2H3,(H,17,18)(H,19,20). The summed E-state index contributed by atoms with van der Waals surface area (Å²) < 4.78 is 0. The van der Waals surface area contributed by atoms with Crippen molar-refractivity contribution in [2.75, 3.05) is 5.32 Å². The molecule has 0 saturated carbocycles. The van der Waals surface area contributed by atoms with Crippen LogP contribution in [0.25, 0.3) is 0 Å². The number of anilines is 1. The molecule has 104 valence electrons. The highest BCUT2D eigenvalue weighted by Crippen LogP contribution is 2.15. The Labute approximate surface area is 117 Å². The van der Waals surface area contributed by atoms with Gasteiger partial charge in [-0.2, -0.15) is 0 Å². The first-order valence-electron chi connectivity index (χ1n) is 6.44. The number of benzene rings is 1. The fraction of sp³-hybridized carbons (Fsp3) is 0.267. The van der Waals surface area contributed by atoms with Gasteiger partial charge in [0.15, 0.2) is 5.69 Å². The van der Waals surface area contributed by atoms with E-state index in [0.29, 0.717) is 18.3 Å². The van der Waals surface area contributed by atoms with Gasteiger partial charge >= 0.3 is 5.97 Å². The zero-order chi connectivity index (χ0) is 14.5. The van der Waals surface area contributed by atoms with E-state index in [9.17, 15) is 4.79 Å². The fourth-order valence-corrected chi connectivity index (χ4v) is 1.77. The molecule has 1 aromatic carbocycles. The normalized spacial score (nSPS) is 10.6. The van der Waals surface area contributed by atoms with E-state index in [1.165, 1.54) is 18.0 Å². The number of aromatic nitrogens is 2. The molecule has 0 aliphatic heterocycles. The molecule has 0 bridgehead atoms. The van der Waals surface area contributed by atoms with Gasteiger partial charge in [-0.1, -0.05) is 38.1 Å². The molecule has 5 heteroatoms. The molecular weight excluding hydrogens is 254 g/mol. The Morgan fingerprint density at radius 3 is 2.55 bits per heavy atom. The summed E-state index contributed by atoms with van der Waals surface area (Å²) in [4.78, 5) is 18.6. The molecule has 0 amide bonds. The highest BCUT2D eigenvalue weighted by molar-refractivity contribution is 5.85. The van der Waals surface area contributed by atoms with Crippen molar-refractivity contribution >= 4 is 11.8 Å². The van der Waals surface area contributed by atoms with E-state index < -0.39 is 5.97 Å². The average molecular weight is 271 g/mol. The van der Waals surface area contributed by atoms with Crippen LogP contribution in [-0.4, -0.2) is 21.0 Å². The number of carboxylic acids is 1. The number of carboxylic acid groups (broad SMARTS) is 1. The van der Waals surface area contributed by atoms with Crippen molar-refractivity contribution in [2.45, 2.75) is 26.3 Å². The maximum Gasteiger partial charge on any atom is 0.356 e. The van der Waals surface area contributed by atoms with Gasteiger partial charge in [0.25, 0.3) is 0 Å². The van der Waals surface area contributed by atoms with Crippen LogP contribution in [0.3, 0.4) is 0 Å². The molecule has 0 radical (unpaired) electrons. The van der Waals surface area contributed by atoms with E-state index >= 15 is 0 Å². The number of aromatic carboxylic acids is 1. The van der Waals surface area contributed by atoms with E-state index in [-0.39, 0.29) is 5.69 Å². The van der Waals surface area contributed by atoms with Gasteiger partial charge in [-0.3, -0.25) is 4.98 Å². The lowest BCUT2D eigenvalue weighted by atomic mass is 10.0. The Balaban J connectivity index is 2.01. The highest BCUT2D eigenvalue weighted by Gasteiger charge is 2.06. The molecule has 2 rings (SSSR count). The Kier molecular flexibility index (Phi) is 4.30. The number of hydrogen-bond donors (Lipinski definition) is 2. The number of nitrogens with one attached hydrogen (secondary N) is 1. The van der Waals surface area contributed by atoms with Gasteiger partial charge in [-0.25, -0.2) is 9.78 Å². The van der Waals surface area contributed by atoms with Crippen LogP contribution in [-0.2, 0) is 6.54 Å². The smallest absolute Gasteiger partial charge is 0.356 e. The fourth-order valence-electron chi connectivity index (χ4n) is 1.77. The predicted molar refractivity (Wildman–Crippen MR) is 76.8 cm³/mol. The lowest BCUT2D eigenvalue weighted by Crippen LogP contribution is -2.06. The van der Waals surface area contributed by atoms with E-state index in [4.69, 9.17) is 5.11 Å². The minimum Gasteiger partial charge on any atom is -0.476 e. The van der Waals surface area contributed by atoms with Crippen LogP contribution in [0.15, 0.2) is 36.7 Å². The van der Waals surface area contributed by atoms with Crippen molar-refractivity contribution in [1.82, 2.24) is 9.97 Å². The van der Waals surface area contributed by atoms with Crippen LogP contribution >= 0.6 is 0 Å². The first-order valence-corrected chi connectivity index (χ1v) is 6.44. The molecule has 1 heterocycles. The number of carbonyl (C=O) groups is 1. The van der Waals surface area contributed by atoms with Gasteiger partial charge in [0.05, 0.1) is 12.4 Å². The quantitative estimate of drug-likeness (QED) is 0.874. The Bertz CT molecular complexity index is 594.